The van der Waals surface area contributed by atoms with Gasteiger partial charge in [-0.3, -0.25) is 9.78 Å². The fourth-order valence-electron chi connectivity index (χ4n) is 2.62. The molecule has 6 heteroatoms. The predicted molar refractivity (Wildman–Crippen MR) is 87.3 cm³/mol. The van der Waals surface area contributed by atoms with Gasteiger partial charge in [0, 0.05) is 19.3 Å². The first-order chi connectivity index (χ1) is 10.2. The molecule has 2 aromatic heterocycles. The van der Waals surface area contributed by atoms with Gasteiger partial charge in [-0.05, 0) is 38.1 Å². The van der Waals surface area contributed by atoms with E-state index in [1.54, 1.807) is 12.3 Å². The van der Waals surface area contributed by atoms with E-state index < -0.39 is 0 Å². The van der Waals surface area contributed by atoms with E-state index in [0.717, 1.165) is 29.9 Å². The number of nitrogens with zero attached hydrogens (tertiary/aromatic N) is 2. The molecule has 112 valence electrons. The number of aromatic nitrogens is 1. The average molecular weight is 324 g/mol. The van der Waals surface area contributed by atoms with Crippen LogP contribution < -0.4 is 5.32 Å². The lowest BCUT2D eigenvalue weighted by molar-refractivity contribution is 0.0950. The molecule has 0 unspecified atom stereocenters. The first-order valence-corrected chi connectivity index (χ1v) is 8.48. The van der Waals surface area contributed by atoms with Crippen LogP contribution >= 0.6 is 22.9 Å². The number of hydrogen-bond donors (Lipinski definition) is 1. The first-order valence-electron chi connectivity index (χ1n) is 7.28. The van der Waals surface area contributed by atoms with Crippen LogP contribution in [0.5, 0.6) is 0 Å². The Hall–Kier alpha value is -1.17. The molecule has 2 aromatic rings. The van der Waals surface area contributed by atoms with Gasteiger partial charge in [0.1, 0.15) is 0 Å². The van der Waals surface area contributed by atoms with Gasteiger partial charge in [-0.25, -0.2) is 0 Å². The normalized spacial score (nSPS) is 16.2. The van der Waals surface area contributed by atoms with Crippen LogP contribution in [-0.2, 0) is 0 Å². The van der Waals surface area contributed by atoms with Gasteiger partial charge in [0.2, 0.25) is 0 Å². The number of carbonyl (C=O) groups is 1. The summed E-state index contributed by atoms with van der Waals surface area (Å²) in [5.74, 6) is -0.0360. The Balaban J connectivity index is 1.57. The van der Waals surface area contributed by atoms with Gasteiger partial charge in [-0.1, -0.05) is 18.0 Å². The van der Waals surface area contributed by atoms with Crippen LogP contribution in [-0.4, -0.2) is 42.0 Å². The number of hydrogen-bond acceptors (Lipinski definition) is 4. The van der Waals surface area contributed by atoms with Crippen molar-refractivity contribution in [1.82, 2.24) is 15.2 Å². The Kier molecular flexibility index (Phi) is 4.73. The van der Waals surface area contributed by atoms with E-state index in [0.29, 0.717) is 16.4 Å². The van der Waals surface area contributed by atoms with Crippen LogP contribution in [0.4, 0.5) is 0 Å². The third kappa shape index (κ3) is 3.54. The van der Waals surface area contributed by atoms with Crippen molar-refractivity contribution in [2.75, 3.05) is 26.2 Å². The molecule has 0 saturated carbocycles. The number of nitrogens with one attached hydrogen (secondary N) is 1. The summed E-state index contributed by atoms with van der Waals surface area (Å²) in [5.41, 5.74) is 0.786. The molecule has 1 aliphatic heterocycles. The topological polar surface area (TPSA) is 45.2 Å². The maximum Gasteiger partial charge on any atom is 0.261 e. The summed E-state index contributed by atoms with van der Waals surface area (Å²) in [6, 6.07) is 3.56. The monoisotopic (exact) mass is 323 g/mol. The number of likely N-dealkylation sites (tertiary alicyclic amines) is 1. The SMILES string of the molecule is O=C(NCCN1CCCCC1)c1cc2nccc(Cl)c2s1. The molecule has 1 fully saturated rings. The van der Waals surface area contributed by atoms with Crippen molar-refractivity contribution in [2.45, 2.75) is 19.3 Å². The molecule has 3 rings (SSSR count). The largest absolute Gasteiger partial charge is 0.350 e. The molecule has 21 heavy (non-hydrogen) atoms. The summed E-state index contributed by atoms with van der Waals surface area (Å²) in [4.78, 5) is 19.5. The Bertz CT molecular complexity index is 637. The predicted octanol–water partition coefficient (Wildman–Crippen LogP) is 3.17. The van der Waals surface area contributed by atoms with Crippen molar-refractivity contribution in [3.63, 3.8) is 0 Å². The maximum absolute atomic E-state index is 12.2. The van der Waals surface area contributed by atoms with E-state index in [-0.39, 0.29) is 5.91 Å². The smallest absolute Gasteiger partial charge is 0.261 e. The summed E-state index contributed by atoms with van der Waals surface area (Å²) >= 11 is 7.51. The average Bonchev–Trinajstić information content (AvgIpc) is 2.94. The summed E-state index contributed by atoms with van der Waals surface area (Å²) in [5, 5.41) is 3.64. The Morgan fingerprint density at radius 2 is 2.19 bits per heavy atom. The molecule has 0 spiro atoms. The van der Waals surface area contributed by atoms with Gasteiger partial charge in [0.05, 0.1) is 20.1 Å². The van der Waals surface area contributed by atoms with Gasteiger partial charge >= 0.3 is 0 Å². The third-order valence-corrected chi connectivity index (χ3v) is 5.33. The molecule has 0 aromatic carbocycles. The number of piperidine rings is 1. The van der Waals surface area contributed by atoms with Crippen molar-refractivity contribution in [2.24, 2.45) is 0 Å². The van der Waals surface area contributed by atoms with Gasteiger partial charge in [-0.15, -0.1) is 11.3 Å². The zero-order chi connectivity index (χ0) is 14.7. The molecule has 3 heterocycles. The zero-order valence-electron chi connectivity index (χ0n) is 11.8. The van der Waals surface area contributed by atoms with Crippen LogP contribution in [0, 0.1) is 0 Å². The highest BCUT2D eigenvalue weighted by molar-refractivity contribution is 7.21. The van der Waals surface area contributed by atoms with Crippen LogP contribution in [0.3, 0.4) is 0 Å². The van der Waals surface area contributed by atoms with Gasteiger partial charge in [0.15, 0.2) is 0 Å². The lowest BCUT2D eigenvalue weighted by Gasteiger charge is -2.26. The minimum atomic E-state index is -0.0360. The fraction of sp³-hybridized carbons (Fsp3) is 0.467. The molecule has 1 N–H and O–H groups in total. The van der Waals surface area contributed by atoms with Crippen molar-refractivity contribution in [1.29, 1.82) is 0 Å². The van der Waals surface area contributed by atoms with Crippen LogP contribution in [0.25, 0.3) is 10.2 Å². The van der Waals surface area contributed by atoms with E-state index in [9.17, 15) is 4.79 Å². The number of pyridine rings is 1. The lowest BCUT2D eigenvalue weighted by atomic mass is 10.1. The van der Waals surface area contributed by atoms with Crippen LogP contribution in [0.15, 0.2) is 18.3 Å². The maximum atomic E-state index is 12.2. The van der Waals surface area contributed by atoms with E-state index in [4.69, 9.17) is 11.6 Å². The minimum absolute atomic E-state index is 0.0360. The lowest BCUT2D eigenvalue weighted by Crippen LogP contribution is -2.37. The van der Waals surface area contributed by atoms with Crippen LogP contribution in [0.2, 0.25) is 5.02 Å². The van der Waals surface area contributed by atoms with Crippen molar-refractivity contribution >= 4 is 39.1 Å². The fourth-order valence-corrected chi connectivity index (χ4v) is 3.82. The molecule has 0 aliphatic carbocycles. The summed E-state index contributed by atoms with van der Waals surface area (Å²) in [7, 11) is 0. The van der Waals surface area contributed by atoms with Gasteiger partial charge < -0.3 is 10.2 Å². The number of rotatable bonds is 4. The number of halogens is 1. The number of fused-ring (bicyclic) bond motifs is 1. The molecule has 1 aliphatic rings. The highest BCUT2D eigenvalue weighted by atomic mass is 35.5. The highest BCUT2D eigenvalue weighted by Gasteiger charge is 2.14. The number of carbonyl (C=O) groups excluding carboxylic acids is 1. The Labute approximate surface area is 133 Å². The van der Waals surface area contributed by atoms with Gasteiger partial charge in [-0.2, -0.15) is 0 Å². The standard InChI is InChI=1S/C15H18ClN3OS/c16-11-4-5-17-12-10-13(21-14(11)12)15(20)18-6-9-19-7-2-1-3-8-19/h4-5,10H,1-3,6-9H2,(H,18,20). The van der Waals surface area contributed by atoms with E-state index in [1.165, 1.54) is 30.6 Å². The van der Waals surface area contributed by atoms with Crippen molar-refractivity contribution in [3.8, 4) is 0 Å². The van der Waals surface area contributed by atoms with Crippen molar-refractivity contribution < 1.29 is 4.79 Å². The Morgan fingerprint density at radius 1 is 1.38 bits per heavy atom. The number of thiophene rings is 1. The summed E-state index contributed by atoms with van der Waals surface area (Å²) in [6.45, 7) is 3.92. The second-order valence-corrected chi connectivity index (χ2v) is 6.74. The van der Waals surface area contributed by atoms with Crippen molar-refractivity contribution in [3.05, 3.63) is 28.2 Å². The van der Waals surface area contributed by atoms with E-state index >= 15 is 0 Å². The molecule has 0 atom stereocenters. The van der Waals surface area contributed by atoms with Gasteiger partial charge in [0.25, 0.3) is 5.91 Å². The quantitative estimate of drug-likeness (QED) is 0.940. The summed E-state index contributed by atoms with van der Waals surface area (Å²) in [6.07, 6.45) is 5.54. The third-order valence-electron chi connectivity index (χ3n) is 3.75. The molecule has 0 radical (unpaired) electrons. The number of amides is 1. The molecule has 0 bridgehead atoms. The molecule has 1 amide bonds. The first kappa shape index (κ1) is 14.8. The second-order valence-electron chi connectivity index (χ2n) is 5.28. The van der Waals surface area contributed by atoms with E-state index in [2.05, 4.69) is 15.2 Å². The van der Waals surface area contributed by atoms with E-state index in [1.807, 2.05) is 6.07 Å². The van der Waals surface area contributed by atoms with Crippen LogP contribution in [0.1, 0.15) is 28.9 Å². The second kappa shape index (κ2) is 6.73. The summed E-state index contributed by atoms with van der Waals surface area (Å²) < 4.78 is 0.875. The molecular formula is C15H18ClN3OS. The molecule has 1 saturated heterocycles. The Morgan fingerprint density at radius 3 is 2.95 bits per heavy atom. The highest BCUT2D eigenvalue weighted by Crippen LogP contribution is 2.30. The zero-order valence-corrected chi connectivity index (χ0v) is 13.3. The minimum Gasteiger partial charge on any atom is -0.350 e. The molecule has 4 nitrogen and oxygen atoms in total. The molecular weight excluding hydrogens is 306 g/mol.